The van der Waals surface area contributed by atoms with Gasteiger partial charge in [0.2, 0.25) is 0 Å². The second-order valence-corrected chi connectivity index (χ2v) is 2.62. The summed E-state index contributed by atoms with van der Waals surface area (Å²) in [6.45, 7) is 5.25. The van der Waals surface area contributed by atoms with Crippen molar-refractivity contribution in [3.05, 3.63) is 12.7 Å². The molecule has 0 aromatic carbocycles. The Morgan fingerprint density at radius 3 is 2.62 bits per heavy atom. The minimum absolute atomic E-state index is 0.0772. The third-order valence-electron chi connectivity index (χ3n) is 0.801. The molecule has 48 valence electrons. The van der Waals surface area contributed by atoms with Crippen molar-refractivity contribution in [3.8, 4) is 0 Å². The molecular formula is C5H9O2S-. The lowest BCUT2D eigenvalue weighted by atomic mass is 10.2. The fourth-order valence-corrected chi connectivity index (χ4v) is 0.848. The van der Waals surface area contributed by atoms with E-state index in [4.69, 9.17) is 0 Å². The Labute approximate surface area is 51.9 Å². The van der Waals surface area contributed by atoms with Crippen LogP contribution in [0.4, 0.5) is 0 Å². The zero-order valence-corrected chi connectivity index (χ0v) is 5.61. The first-order chi connectivity index (χ1) is 3.66. The molecule has 0 aliphatic rings. The predicted molar refractivity (Wildman–Crippen MR) is 33.1 cm³/mol. The van der Waals surface area contributed by atoms with Crippen molar-refractivity contribution in [3.63, 3.8) is 0 Å². The average Bonchev–Trinajstić information content (AvgIpc) is 1.65. The van der Waals surface area contributed by atoms with E-state index >= 15 is 0 Å². The van der Waals surface area contributed by atoms with E-state index in [0.29, 0.717) is 0 Å². The summed E-state index contributed by atoms with van der Waals surface area (Å²) >= 11 is -1.92. The Morgan fingerprint density at radius 2 is 2.50 bits per heavy atom. The van der Waals surface area contributed by atoms with Crippen LogP contribution >= 0.6 is 0 Å². The first-order valence-corrected chi connectivity index (χ1v) is 3.59. The summed E-state index contributed by atoms with van der Waals surface area (Å²) in [4.78, 5) is 0. The summed E-state index contributed by atoms with van der Waals surface area (Å²) in [5.74, 6) is 0.261. The molecule has 0 amide bonds. The van der Waals surface area contributed by atoms with Crippen LogP contribution in [0, 0.1) is 5.92 Å². The second-order valence-electron chi connectivity index (χ2n) is 1.68. The normalized spacial score (nSPS) is 17.2. The molecule has 0 saturated heterocycles. The Kier molecular flexibility index (Phi) is 3.73. The Hall–Kier alpha value is -0.150. The molecule has 0 fully saturated rings. The fraction of sp³-hybridized carbons (Fsp3) is 0.600. The summed E-state index contributed by atoms with van der Waals surface area (Å²) in [6, 6.07) is 0. The number of hydrogen-bond donors (Lipinski definition) is 0. The number of rotatable bonds is 3. The van der Waals surface area contributed by atoms with Gasteiger partial charge >= 0.3 is 0 Å². The van der Waals surface area contributed by atoms with Crippen molar-refractivity contribution in [2.45, 2.75) is 6.92 Å². The lowest BCUT2D eigenvalue weighted by Crippen LogP contribution is -2.03. The van der Waals surface area contributed by atoms with Gasteiger partial charge in [0.15, 0.2) is 0 Å². The molecule has 8 heavy (non-hydrogen) atoms. The maximum absolute atomic E-state index is 9.92. The molecule has 2 nitrogen and oxygen atoms in total. The molecule has 0 bridgehead atoms. The predicted octanol–water partition coefficient (Wildman–Crippen LogP) is 0.688. The summed E-state index contributed by atoms with van der Waals surface area (Å²) in [7, 11) is 0. The van der Waals surface area contributed by atoms with E-state index in [1.165, 1.54) is 0 Å². The number of allylic oxidation sites excluding steroid dienone is 1. The monoisotopic (exact) mass is 133 g/mol. The fourth-order valence-electron chi connectivity index (χ4n) is 0.283. The van der Waals surface area contributed by atoms with E-state index in [0.717, 1.165) is 0 Å². The molecular weight excluding hydrogens is 124 g/mol. The van der Waals surface area contributed by atoms with Gasteiger partial charge in [-0.05, 0) is 5.92 Å². The maximum atomic E-state index is 9.92. The minimum Gasteiger partial charge on any atom is -0.772 e. The molecule has 0 aromatic heterocycles. The van der Waals surface area contributed by atoms with Crippen LogP contribution in [0.2, 0.25) is 0 Å². The smallest absolute Gasteiger partial charge is 0.0162 e. The quantitative estimate of drug-likeness (QED) is 0.419. The molecule has 2 unspecified atom stereocenters. The molecule has 0 aliphatic heterocycles. The summed E-state index contributed by atoms with van der Waals surface area (Å²) in [5.41, 5.74) is 0. The van der Waals surface area contributed by atoms with Crippen LogP contribution in [-0.2, 0) is 11.1 Å². The van der Waals surface area contributed by atoms with Crippen LogP contribution in [0.1, 0.15) is 6.92 Å². The molecule has 0 saturated carbocycles. The first-order valence-electron chi connectivity index (χ1n) is 2.35. The van der Waals surface area contributed by atoms with E-state index in [2.05, 4.69) is 6.58 Å². The van der Waals surface area contributed by atoms with E-state index < -0.39 is 11.1 Å². The lowest BCUT2D eigenvalue weighted by Gasteiger charge is -2.06. The Bertz CT molecular complexity index is 101. The highest BCUT2D eigenvalue weighted by atomic mass is 32.2. The zero-order chi connectivity index (χ0) is 6.57. The van der Waals surface area contributed by atoms with Gasteiger partial charge < -0.3 is 4.55 Å². The summed E-state index contributed by atoms with van der Waals surface area (Å²) < 4.78 is 19.8. The van der Waals surface area contributed by atoms with Crippen LogP contribution < -0.4 is 0 Å². The zero-order valence-electron chi connectivity index (χ0n) is 4.79. The van der Waals surface area contributed by atoms with Crippen LogP contribution in [-0.4, -0.2) is 14.5 Å². The molecule has 0 aliphatic carbocycles. The molecule has 3 heteroatoms. The lowest BCUT2D eigenvalue weighted by molar-refractivity contribution is 0.530. The van der Waals surface area contributed by atoms with Crippen LogP contribution in [0.15, 0.2) is 12.7 Å². The van der Waals surface area contributed by atoms with Crippen molar-refractivity contribution in [2.75, 3.05) is 5.75 Å². The van der Waals surface area contributed by atoms with E-state index in [9.17, 15) is 8.76 Å². The maximum Gasteiger partial charge on any atom is 0.0162 e. The van der Waals surface area contributed by atoms with Crippen molar-refractivity contribution in [2.24, 2.45) is 5.92 Å². The topological polar surface area (TPSA) is 40.1 Å². The van der Waals surface area contributed by atoms with Crippen molar-refractivity contribution >= 4 is 11.1 Å². The van der Waals surface area contributed by atoms with Gasteiger partial charge in [-0.25, -0.2) is 0 Å². The van der Waals surface area contributed by atoms with Gasteiger partial charge in [0.1, 0.15) is 0 Å². The van der Waals surface area contributed by atoms with Crippen molar-refractivity contribution < 1.29 is 8.76 Å². The molecule has 2 atom stereocenters. The SMILES string of the molecule is C=CC(C)CS(=O)[O-]. The minimum atomic E-state index is -1.92. The molecule has 0 heterocycles. The van der Waals surface area contributed by atoms with Crippen molar-refractivity contribution in [1.82, 2.24) is 0 Å². The molecule has 0 spiro atoms. The standard InChI is InChI=1S/C5H10O2S/c1-3-5(2)4-8(6)7/h3,5H,1,4H2,2H3,(H,6,7)/p-1. The average molecular weight is 133 g/mol. The first kappa shape index (κ1) is 7.85. The van der Waals surface area contributed by atoms with Gasteiger partial charge in [0.25, 0.3) is 0 Å². The Balaban J connectivity index is 3.38. The highest BCUT2D eigenvalue weighted by Crippen LogP contribution is 1.95. The van der Waals surface area contributed by atoms with E-state index in [1.54, 1.807) is 6.08 Å². The van der Waals surface area contributed by atoms with Crippen molar-refractivity contribution in [1.29, 1.82) is 0 Å². The molecule has 0 rings (SSSR count). The van der Waals surface area contributed by atoms with Gasteiger partial charge in [-0.2, -0.15) is 0 Å². The van der Waals surface area contributed by atoms with E-state index in [1.807, 2.05) is 6.92 Å². The van der Waals surface area contributed by atoms with E-state index in [-0.39, 0.29) is 11.7 Å². The van der Waals surface area contributed by atoms with Crippen LogP contribution in [0.3, 0.4) is 0 Å². The largest absolute Gasteiger partial charge is 0.772 e. The van der Waals surface area contributed by atoms with Gasteiger partial charge in [-0.1, -0.05) is 24.1 Å². The summed E-state index contributed by atoms with van der Waals surface area (Å²) in [6.07, 6.45) is 1.62. The van der Waals surface area contributed by atoms with Gasteiger partial charge in [-0.3, -0.25) is 4.21 Å². The third-order valence-corrected chi connectivity index (χ3v) is 1.60. The summed E-state index contributed by atoms with van der Waals surface area (Å²) in [5, 5.41) is 0. The number of hydrogen-bond acceptors (Lipinski definition) is 2. The Morgan fingerprint density at radius 1 is 2.00 bits per heavy atom. The van der Waals surface area contributed by atoms with Gasteiger partial charge in [0, 0.05) is 5.75 Å². The third kappa shape index (κ3) is 4.02. The molecule has 0 aromatic rings. The van der Waals surface area contributed by atoms with Crippen LogP contribution in [0.5, 0.6) is 0 Å². The highest BCUT2D eigenvalue weighted by molar-refractivity contribution is 7.79. The van der Waals surface area contributed by atoms with Gasteiger partial charge in [-0.15, -0.1) is 6.58 Å². The molecule has 0 N–H and O–H groups in total. The molecule has 0 radical (unpaired) electrons. The van der Waals surface area contributed by atoms with Gasteiger partial charge in [0.05, 0.1) is 0 Å². The second kappa shape index (κ2) is 3.80. The highest BCUT2D eigenvalue weighted by Gasteiger charge is 1.92. The van der Waals surface area contributed by atoms with Crippen LogP contribution in [0.25, 0.3) is 0 Å².